The molecule has 27 heavy (non-hydrogen) atoms. The van der Waals surface area contributed by atoms with Crippen molar-refractivity contribution < 1.29 is 31.9 Å². The molecule has 0 saturated heterocycles. The number of hydrogen-bond donors (Lipinski definition) is 2. The van der Waals surface area contributed by atoms with Crippen LogP contribution in [0.25, 0.3) is 0 Å². The molecule has 0 spiro atoms. The molecule has 2 rings (SSSR count). The van der Waals surface area contributed by atoms with Gasteiger partial charge in [-0.05, 0) is 43.3 Å². The number of para-hydroxylation sites is 1. The summed E-state index contributed by atoms with van der Waals surface area (Å²) in [5, 5.41) is 0. The lowest BCUT2D eigenvalue weighted by Gasteiger charge is -2.15. The molecule has 0 aliphatic heterocycles. The van der Waals surface area contributed by atoms with Gasteiger partial charge >= 0.3 is 5.97 Å². The van der Waals surface area contributed by atoms with Crippen LogP contribution in [0.15, 0.2) is 53.4 Å². The van der Waals surface area contributed by atoms with Crippen LogP contribution < -0.4 is 15.0 Å². The number of amides is 1. The van der Waals surface area contributed by atoms with Gasteiger partial charge in [0.1, 0.15) is 0 Å². The predicted molar refractivity (Wildman–Crippen MR) is 92.7 cm³/mol. The standard InChI is InChI=1S/C17H17FN2O6S/c1-11(26-15-6-4-3-5-14(15)18)16(21)19-20-27(23,24)13-9-7-12(8-10-13)17(22)25-2/h3-11,20H,1-2H3,(H,19,21). The molecule has 1 amide bonds. The molecule has 1 unspecified atom stereocenters. The van der Waals surface area contributed by atoms with E-state index in [0.717, 1.165) is 0 Å². The molecule has 1 atom stereocenters. The lowest BCUT2D eigenvalue weighted by atomic mass is 10.2. The first-order valence-corrected chi connectivity index (χ1v) is 9.14. The molecule has 0 aliphatic carbocycles. The van der Waals surface area contributed by atoms with E-state index in [-0.39, 0.29) is 16.2 Å². The van der Waals surface area contributed by atoms with Crippen LogP contribution in [-0.2, 0) is 19.6 Å². The topological polar surface area (TPSA) is 111 Å². The van der Waals surface area contributed by atoms with Gasteiger partial charge in [-0.2, -0.15) is 0 Å². The van der Waals surface area contributed by atoms with E-state index >= 15 is 0 Å². The van der Waals surface area contributed by atoms with Gasteiger partial charge in [0.2, 0.25) is 0 Å². The summed E-state index contributed by atoms with van der Waals surface area (Å²) in [5.74, 6) is -2.22. The number of esters is 1. The van der Waals surface area contributed by atoms with Crippen LogP contribution in [-0.4, -0.2) is 33.5 Å². The monoisotopic (exact) mass is 396 g/mol. The molecule has 8 nitrogen and oxygen atoms in total. The van der Waals surface area contributed by atoms with Gasteiger partial charge in [0, 0.05) is 0 Å². The first-order valence-electron chi connectivity index (χ1n) is 7.66. The SMILES string of the molecule is COC(=O)c1ccc(S(=O)(=O)NNC(=O)C(C)Oc2ccccc2F)cc1. The number of carbonyl (C=O) groups excluding carboxylic acids is 2. The molecule has 2 aromatic rings. The van der Waals surface area contributed by atoms with Crippen LogP contribution in [0.1, 0.15) is 17.3 Å². The van der Waals surface area contributed by atoms with Crippen LogP contribution in [0.2, 0.25) is 0 Å². The van der Waals surface area contributed by atoms with Crippen molar-refractivity contribution in [3.05, 3.63) is 59.9 Å². The first kappa shape index (κ1) is 20.3. The third-order valence-electron chi connectivity index (χ3n) is 3.40. The normalized spacial score (nSPS) is 12.1. The third-order valence-corrected chi connectivity index (χ3v) is 4.67. The van der Waals surface area contributed by atoms with E-state index in [1.54, 1.807) is 0 Å². The van der Waals surface area contributed by atoms with Gasteiger partial charge in [-0.3, -0.25) is 10.2 Å². The number of hydrazine groups is 1. The molecule has 0 saturated carbocycles. The maximum Gasteiger partial charge on any atom is 0.337 e. The number of methoxy groups -OCH3 is 1. The Hall–Kier alpha value is -2.98. The fourth-order valence-corrected chi connectivity index (χ4v) is 2.80. The van der Waals surface area contributed by atoms with Crippen molar-refractivity contribution in [1.29, 1.82) is 0 Å². The fourth-order valence-electron chi connectivity index (χ4n) is 1.95. The Bertz CT molecular complexity index is 931. The third kappa shape index (κ3) is 5.25. The molecule has 144 valence electrons. The van der Waals surface area contributed by atoms with E-state index in [2.05, 4.69) is 4.74 Å². The lowest BCUT2D eigenvalue weighted by Crippen LogP contribution is -2.47. The Morgan fingerprint density at radius 1 is 1.07 bits per heavy atom. The highest BCUT2D eigenvalue weighted by Crippen LogP contribution is 2.17. The summed E-state index contributed by atoms with van der Waals surface area (Å²) in [6.45, 7) is 1.33. The maximum absolute atomic E-state index is 13.5. The number of carbonyl (C=O) groups is 2. The molecule has 2 aromatic carbocycles. The summed E-state index contributed by atoms with van der Waals surface area (Å²) in [4.78, 5) is 25.0. The molecule has 10 heteroatoms. The van der Waals surface area contributed by atoms with Gasteiger partial charge in [-0.1, -0.05) is 12.1 Å². The number of sulfonamides is 1. The Balaban J connectivity index is 1.98. The second kappa shape index (κ2) is 8.60. The van der Waals surface area contributed by atoms with E-state index in [9.17, 15) is 22.4 Å². The largest absolute Gasteiger partial charge is 0.478 e. The van der Waals surface area contributed by atoms with Gasteiger partial charge in [-0.15, -0.1) is 4.83 Å². The van der Waals surface area contributed by atoms with E-state index in [1.807, 2.05) is 10.3 Å². The van der Waals surface area contributed by atoms with E-state index in [1.165, 1.54) is 62.6 Å². The van der Waals surface area contributed by atoms with Crippen LogP contribution in [0.4, 0.5) is 4.39 Å². The molecular weight excluding hydrogens is 379 g/mol. The lowest BCUT2D eigenvalue weighted by molar-refractivity contribution is -0.127. The highest BCUT2D eigenvalue weighted by molar-refractivity contribution is 7.89. The van der Waals surface area contributed by atoms with Crippen molar-refractivity contribution in [1.82, 2.24) is 10.3 Å². The van der Waals surface area contributed by atoms with E-state index in [4.69, 9.17) is 4.74 Å². The van der Waals surface area contributed by atoms with Crippen LogP contribution in [0, 0.1) is 5.82 Å². The van der Waals surface area contributed by atoms with Crippen molar-refractivity contribution in [2.75, 3.05) is 7.11 Å². The Kier molecular flexibility index (Phi) is 6.48. The number of ether oxygens (including phenoxy) is 2. The molecule has 0 aromatic heterocycles. The van der Waals surface area contributed by atoms with E-state index in [0.29, 0.717) is 0 Å². The zero-order valence-corrected chi connectivity index (χ0v) is 15.2. The van der Waals surface area contributed by atoms with Gasteiger partial charge < -0.3 is 9.47 Å². The minimum absolute atomic E-state index is 0.138. The fraction of sp³-hybridized carbons (Fsp3) is 0.176. The van der Waals surface area contributed by atoms with Crippen LogP contribution in [0.5, 0.6) is 5.75 Å². The van der Waals surface area contributed by atoms with Crippen molar-refractivity contribution >= 4 is 21.9 Å². The minimum Gasteiger partial charge on any atom is -0.478 e. The number of halogens is 1. The summed E-state index contributed by atoms with van der Waals surface area (Å²) in [5.41, 5.74) is 2.17. The van der Waals surface area contributed by atoms with Crippen molar-refractivity contribution in [2.45, 2.75) is 17.9 Å². The highest BCUT2D eigenvalue weighted by atomic mass is 32.2. The molecule has 2 N–H and O–H groups in total. The first-order chi connectivity index (χ1) is 12.7. The minimum atomic E-state index is -4.08. The summed E-state index contributed by atoms with van der Waals surface area (Å²) in [7, 11) is -2.88. The number of benzene rings is 2. The average Bonchev–Trinajstić information content (AvgIpc) is 2.67. The van der Waals surface area contributed by atoms with Gasteiger partial charge in [0.25, 0.3) is 15.9 Å². The van der Waals surface area contributed by atoms with Crippen molar-refractivity contribution in [3.8, 4) is 5.75 Å². The summed E-state index contributed by atoms with van der Waals surface area (Å²) in [6.07, 6.45) is -1.16. The molecule has 0 aliphatic rings. The molecule has 0 radical (unpaired) electrons. The average molecular weight is 396 g/mol. The Labute approximate surface area is 155 Å². The Morgan fingerprint density at radius 2 is 1.70 bits per heavy atom. The van der Waals surface area contributed by atoms with Crippen molar-refractivity contribution in [2.24, 2.45) is 0 Å². The Morgan fingerprint density at radius 3 is 2.30 bits per heavy atom. The quantitative estimate of drug-likeness (QED) is 0.541. The summed E-state index contributed by atoms with van der Waals surface area (Å²) in [6, 6.07) is 10.4. The van der Waals surface area contributed by atoms with Crippen LogP contribution >= 0.6 is 0 Å². The molecule has 0 bridgehead atoms. The number of nitrogens with one attached hydrogen (secondary N) is 2. The van der Waals surface area contributed by atoms with Gasteiger partial charge in [-0.25, -0.2) is 17.6 Å². The molecule has 0 fully saturated rings. The smallest absolute Gasteiger partial charge is 0.337 e. The predicted octanol–water partition coefficient (Wildman–Crippen LogP) is 1.39. The highest BCUT2D eigenvalue weighted by Gasteiger charge is 2.20. The van der Waals surface area contributed by atoms with Gasteiger partial charge in [0.15, 0.2) is 17.7 Å². The molecular formula is C17H17FN2O6S. The zero-order valence-electron chi connectivity index (χ0n) is 14.4. The summed E-state index contributed by atoms with van der Waals surface area (Å²) >= 11 is 0. The van der Waals surface area contributed by atoms with Crippen LogP contribution in [0.3, 0.4) is 0 Å². The second-order valence-corrected chi connectivity index (χ2v) is 6.98. The van der Waals surface area contributed by atoms with Crippen molar-refractivity contribution in [3.63, 3.8) is 0 Å². The maximum atomic E-state index is 13.5. The van der Waals surface area contributed by atoms with E-state index < -0.39 is 33.8 Å². The second-order valence-electron chi connectivity index (χ2n) is 5.30. The summed E-state index contributed by atoms with van der Waals surface area (Å²) < 4.78 is 47.6. The number of rotatable bonds is 7. The molecule has 0 heterocycles. The number of hydrogen-bond acceptors (Lipinski definition) is 6. The zero-order chi connectivity index (χ0) is 20.0. The van der Waals surface area contributed by atoms with Gasteiger partial charge in [0.05, 0.1) is 17.6 Å².